The van der Waals surface area contributed by atoms with Gasteiger partial charge in [0, 0.05) is 10.9 Å². The molecule has 0 heterocycles. The van der Waals surface area contributed by atoms with E-state index in [1.807, 2.05) is 11.8 Å². The average molecular weight is 223 g/mol. The minimum Gasteiger partial charge on any atom is -0.327 e. The Labute approximate surface area is 97.4 Å². The van der Waals surface area contributed by atoms with E-state index < -0.39 is 0 Å². The summed E-state index contributed by atoms with van der Waals surface area (Å²) in [5.74, 6) is 1.12. The molecular weight excluding hydrogens is 202 g/mol. The quantitative estimate of drug-likeness (QED) is 0.774. The summed E-state index contributed by atoms with van der Waals surface area (Å²) in [6, 6.07) is 6.97. The van der Waals surface area contributed by atoms with Gasteiger partial charge in [-0.1, -0.05) is 31.5 Å². The van der Waals surface area contributed by atoms with Crippen LogP contribution in [0.3, 0.4) is 0 Å². The molecule has 0 aliphatic rings. The van der Waals surface area contributed by atoms with Crippen molar-refractivity contribution < 1.29 is 0 Å². The van der Waals surface area contributed by atoms with Crippen molar-refractivity contribution in [2.75, 3.05) is 5.75 Å². The molecule has 1 aromatic rings. The summed E-state index contributed by atoms with van der Waals surface area (Å²) in [7, 11) is 0. The summed E-state index contributed by atoms with van der Waals surface area (Å²) in [5, 5.41) is 0. The van der Waals surface area contributed by atoms with E-state index in [0.29, 0.717) is 6.04 Å². The standard InChI is InChI=1S/C13H21NS/c1-4-12(14)9-11-8-10(3)6-7-13(11)15-5-2/h6-8,12H,4-5,9,14H2,1-3H3. The Morgan fingerprint density at radius 1 is 1.33 bits per heavy atom. The third-order valence-corrected chi connectivity index (χ3v) is 3.52. The highest BCUT2D eigenvalue weighted by Gasteiger charge is 2.07. The Hall–Kier alpha value is -0.470. The van der Waals surface area contributed by atoms with Crippen molar-refractivity contribution in [1.29, 1.82) is 0 Å². The topological polar surface area (TPSA) is 26.0 Å². The Balaban J connectivity index is 2.86. The van der Waals surface area contributed by atoms with Gasteiger partial charge in [-0.25, -0.2) is 0 Å². The van der Waals surface area contributed by atoms with Crippen LogP contribution in [0.25, 0.3) is 0 Å². The number of benzene rings is 1. The molecule has 1 atom stereocenters. The SMILES string of the molecule is CCSc1ccc(C)cc1CC(N)CC. The van der Waals surface area contributed by atoms with E-state index in [-0.39, 0.29) is 0 Å². The van der Waals surface area contributed by atoms with E-state index in [1.165, 1.54) is 16.0 Å². The van der Waals surface area contributed by atoms with Crippen LogP contribution in [0.4, 0.5) is 0 Å². The molecule has 0 aromatic heterocycles. The normalized spacial score (nSPS) is 12.8. The van der Waals surface area contributed by atoms with Crippen LogP contribution in [0.5, 0.6) is 0 Å². The molecular formula is C13H21NS. The number of hydrogen-bond acceptors (Lipinski definition) is 2. The highest BCUT2D eigenvalue weighted by molar-refractivity contribution is 7.99. The lowest BCUT2D eigenvalue weighted by molar-refractivity contribution is 0.641. The van der Waals surface area contributed by atoms with Crippen molar-refractivity contribution in [2.45, 2.75) is 44.6 Å². The third-order valence-electron chi connectivity index (χ3n) is 2.52. The van der Waals surface area contributed by atoms with Gasteiger partial charge in [0.2, 0.25) is 0 Å². The smallest absolute Gasteiger partial charge is 0.0105 e. The van der Waals surface area contributed by atoms with E-state index in [4.69, 9.17) is 5.73 Å². The molecule has 0 aliphatic carbocycles. The van der Waals surface area contributed by atoms with Crippen molar-refractivity contribution in [3.05, 3.63) is 29.3 Å². The molecule has 1 nitrogen and oxygen atoms in total. The third kappa shape index (κ3) is 3.88. The fourth-order valence-electron chi connectivity index (χ4n) is 1.59. The molecule has 0 saturated heterocycles. The Morgan fingerprint density at radius 2 is 2.07 bits per heavy atom. The van der Waals surface area contributed by atoms with E-state index in [0.717, 1.165) is 18.6 Å². The maximum absolute atomic E-state index is 6.01. The number of aryl methyl sites for hydroxylation is 1. The lowest BCUT2D eigenvalue weighted by Crippen LogP contribution is -2.21. The molecule has 1 rings (SSSR count). The largest absolute Gasteiger partial charge is 0.327 e. The number of nitrogens with two attached hydrogens (primary N) is 1. The van der Waals surface area contributed by atoms with Crippen LogP contribution in [-0.2, 0) is 6.42 Å². The van der Waals surface area contributed by atoms with Gasteiger partial charge in [-0.3, -0.25) is 0 Å². The molecule has 2 N–H and O–H groups in total. The summed E-state index contributed by atoms with van der Waals surface area (Å²) >= 11 is 1.91. The summed E-state index contributed by atoms with van der Waals surface area (Å²) < 4.78 is 0. The van der Waals surface area contributed by atoms with Crippen LogP contribution < -0.4 is 5.73 Å². The number of rotatable bonds is 5. The molecule has 2 heteroatoms. The number of hydrogen-bond donors (Lipinski definition) is 1. The average Bonchev–Trinajstić information content (AvgIpc) is 2.22. The zero-order chi connectivity index (χ0) is 11.3. The molecule has 1 aromatic carbocycles. The maximum Gasteiger partial charge on any atom is 0.0105 e. The first-order valence-electron chi connectivity index (χ1n) is 5.65. The second-order valence-corrected chi connectivity index (χ2v) is 5.22. The number of thioether (sulfide) groups is 1. The van der Waals surface area contributed by atoms with Crippen LogP contribution in [0, 0.1) is 6.92 Å². The molecule has 84 valence electrons. The fourth-order valence-corrected chi connectivity index (χ4v) is 2.39. The first kappa shape index (κ1) is 12.6. The zero-order valence-electron chi connectivity index (χ0n) is 9.92. The fraction of sp³-hybridized carbons (Fsp3) is 0.538. The van der Waals surface area contributed by atoms with Gasteiger partial charge in [-0.15, -0.1) is 11.8 Å². The van der Waals surface area contributed by atoms with Crippen LogP contribution in [-0.4, -0.2) is 11.8 Å². The van der Waals surface area contributed by atoms with Gasteiger partial charge in [0.05, 0.1) is 0 Å². The highest BCUT2D eigenvalue weighted by atomic mass is 32.2. The molecule has 0 aliphatic heterocycles. The van der Waals surface area contributed by atoms with Crippen molar-refractivity contribution in [3.63, 3.8) is 0 Å². The van der Waals surface area contributed by atoms with Crippen LogP contribution in [0.15, 0.2) is 23.1 Å². The van der Waals surface area contributed by atoms with Gasteiger partial charge in [0.1, 0.15) is 0 Å². The van der Waals surface area contributed by atoms with Crippen LogP contribution in [0.2, 0.25) is 0 Å². The van der Waals surface area contributed by atoms with Crippen LogP contribution in [0.1, 0.15) is 31.4 Å². The minimum atomic E-state index is 0.294. The zero-order valence-corrected chi connectivity index (χ0v) is 10.7. The molecule has 0 fully saturated rings. The first-order chi connectivity index (χ1) is 7.17. The van der Waals surface area contributed by atoms with Gasteiger partial charge in [0.15, 0.2) is 0 Å². The molecule has 1 unspecified atom stereocenters. The molecule has 0 bridgehead atoms. The van der Waals surface area contributed by atoms with Gasteiger partial charge in [-0.05, 0) is 37.1 Å². The van der Waals surface area contributed by atoms with Crippen molar-refractivity contribution in [3.8, 4) is 0 Å². The molecule has 0 saturated carbocycles. The Kier molecular flexibility index (Phi) is 5.20. The first-order valence-corrected chi connectivity index (χ1v) is 6.63. The van der Waals surface area contributed by atoms with Crippen molar-refractivity contribution in [1.82, 2.24) is 0 Å². The van der Waals surface area contributed by atoms with E-state index in [2.05, 4.69) is 39.0 Å². The maximum atomic E-state index is 6.01. The molecule has 0 amide bonds. The highest BCUT2D eigenvalue weighted by Crippen LogP contribution is 2.24. The Bertz CT molecular complexity index is 309. The van der Waals surface area contributed by atoms with Gasteiger partial charge in [-0.2, -0.15) is 0 Å². The minimum absolute atomic E-state index is 0.294. The van der Waals surface area contributed by atoms with E-state index in [1.54, 1.807) is 0 Å². The molecule has 0 radical (unpaired) electrons. The van der Waals surface area contributed by atoms with Gasteiger partial charge >= 0.3 is 0 Å². The second kappa shape index (κ2) is 6.19. The molecule has 0 spiro atoms. The lowest BCUT2D eigenvalue weighted by Gasteiger charge is -2.13. The summed E-state index contributed by atoms with van der Waals surface area (Å²) in [6.45, 7) is 6.47. The van der Waals surface area contributed by atoms with Crippen molar-refractivity contribution >= 4 is 11.8 Å². The van der Waals surface area contributed by atoms with E-state index >= 15 is 0 Å². The van der Waals surface area contributed by atoms with Crippen LogP contribution >= 0.6 is 11.8 Å². The second-order valence-electron chi connectivity index (χ2n) is 3.92. The molecule has 15 heavy (non-hydrogen) atoms. The predicted molar refractivity (Wildman–Crippen MR) is 69.5 cm³/mol. The van der Waals surface area contributed by atoms with Crippen molar-refractivity contribution in [2.24, 2.45) is 5.73 Å². The summed E-state index contributed by atoms with van der Waals surface area (Å²) in [5.41, 5.74) is 8.75. The monoisotopic (exact) mass is 223 g/mol. The predicted octanol–water partition coefficient (Wildman–Crippen LogP) is 3.39. The van der Waals surface area contributed by atoms with E-state index in [9.17, 15) is 0 Å². The summed E-state index contributed by atoms with van der Waals surface area (Å²) in [4.78, 5) is 1.40. The lowest BCUT2D eigenvalue weighted by atomic mass is 10.0. The summed E-state index contributed by atoms with van der Waals surface area (Å²) in [6.07, 6.45) is 2.05. The Morgan fingerprint density at radius 3 is 2.67 bits per heavy atom. The van der Waals surface area contributed by atoms with Gasteiger partial charge in [0.25, 0.3) is 0 Å². The van der Waals surface area contributed by atoms with Gasteiger partial charge < -0.3 is 5.73 Å².